The van der Waals surface area contributed by atoms with E-state index in [2.05, 4.69) is 57.1 Å². The van der Waals surface area contributed by atoms with Crippen LogP contribution in [0.1, 0.15) is 44.5 Å². The van der Waals surface area contributed by atoms with Crippen LogP contribution in [-0.2, 0) is 6.54 Å². The summed E-state index contributed by atoms with van der Waals surface area (Å²) in [5.41, 5.74) is 2.32. The normalized spacial score (nSPS) is 19.4. The lowest BCUT2D eigenvalue weighted by atomic mass is 9.97. The van der Waals surface area contributed by atoms with Gasteiger partial charge in [-0.05, 0) is 65.5 Å². The molecule has 1 unspecified atom stereocenters. The highest BCUT2D eigenvalue weighted by Crippen LogP contribution is 2.17. The smallest absolute Gasteiger partial charge is 0.190 e. The highest BCUT2D eigenvalue weighted by Gasteiger charge is 2.21. The Hall–Kier alpha value is -1.56. The number of nitrogens with one attached hydrogen (secondary N) is 2. The number of aryl methyl sites for hydroxylation is 3. The number of aromatic nitrogens is 2. The van der Waals surface area contributed by atoms with E-state index < -0.39 is 0 Å². The lowest BCUT2D eigenvalue weighted by Crippen LogP contribution is -2.46. The predicted molar refractivity (Wildman–Crippen MR) is 105 cm³/mol. The predicted octanol–water partition coefficient (Wildman–Crippen LogP) is 2.18. The molecule has 0 amide bonds. The zero-order chi connectivity index (χ0) is 18.2. The first-order valence-electron chi connectivity index (χ1n) is 9.69. The van der Waals surface area contributed by atoms with E-state index in [9.17, 15) is 0 Å². The van der Waals surface area contributed by atoms with Gasteiger partial charge in [-0.25, -0.2) is 0 Å². The third-order valence-corrected chi connectivity index (χ3v) is 5.00. The molecule has 2 N–H and O–H groups in total. The Morgan fingerprint density at radius 3 is 2.80 bits per heavy atom. The van der Waals surface area contributed by atoms with Crippen molar-refractivity contribution in [3.63, 3.8) is 0 Å². The van der Waals surface area contributed by atoms with Crippen LogP contribution in [0.3, 0.4) is 0 Å². The van der Waals surface area contributed by atoms with Gasteiger partial charge in [0.05, 0.1) is 5.69 Å². The summed E-state index contributed by atoms with van der Waals surface area (Å²) < 4.78 is 2.08. The highest BCUT2D eigenvalue weighted by molar-refractivity contribution is 5.79. The van der Waals surface area contributed by atoms with Crippen LogP contribution in [0.2, 0.25) is 0 Å². The Bertz CT molecular complexity index is 548. The van der Waals surface area contributed by atoms with Crippen LogP contribution in [0.4, 0.5) is 0 Å². The second-order valence-electron chi connectivity index (χ2n) is 7.48. The van der Waals surface area contributed by atoms with Gasteiger partial charge in [0.15, 0.2) is 5.96 Å². The monoisotopic (exact) mass is 348 g/mol. The molecule has 1 aromatic heterocycles. The number of nitrogens with zero attached hydrogens (tertiary/aromatic N) is 4. The van der Waals surface area contributed by atoms with Gasteiger partial charge in [0, 0.05) is 45.0 Å². The van der Waals surface area contributed by atoms with Crippen LogP contribution in [-0.4, -0.2) is 59.9 Å². The van der Waals surface area contributed by atoms with E-state index in [4.69, 9.17) is 0 Å². The van der Waals surface area contributed by atoms with Crippen LogP contribution in [0.25, 0.3) is 0 Å². The van der Waals surface area contributed by atoms with E-state index in [1.807, 2.05) is 14.0 Å². The summed E-state index contributed by atoms with van der Waals surface area (Å²) in [6.07, 6.45) is 3.65. The molecule has 1 fully saturated rings. The Kier molecular flexibility index (Phi) is 7.75. The molecule has 6 nitrogen and oxygen atoms in total. The van der Waals surface area contributed by atoms with Crippen LogP contribution in [0.5, 0.6) is 0 Å². The summed E-state index contributed by atoms with van der Waals surface area (Å²) in [4.78, 5) is 6.93. The molecule has 142 valence electrons. The van der Waals surface area contributed by atoms with Gasteiger partial charge in [0.1, 0.15) is 0 Å². The maximum absolute atomic E-state index is 4.50. The molecule has 2 rings (SSSR count). The number of aliphatic imine (C=N–C) groups is 1. The maximum Gasteiger partial charge on any atom is 0.190 e. The average molecular weight is 349 g/mol. The van der Waals surface area contributed by atoms with Crippen molar-refractivity contribution in [3.8, 4) is 0 Å². The first-order valence-corrected chi connectivity index (χ1v) is 9.69. The molecule has 0 saturated carbocycles. The molecular weight excluding hydrogens is 312 g/mol. The molecule has 0 aromatic carbocycles. The first kappa shape index (κ1) is 19.8. The minimum atomic E-state index is 0.648. The summed E-state index contributed by atoms with van der Waals surface area (Å²) >= 11 is 0. The third kappa shape index (κ3) is 6.34. The second kappa shape index (κ2) is 9.80. The third-order valence-electron chi connectivity index (χ3n) is 5.00. The number of likely N-dealkylation sites (tertiary alicyclic amines) is 1. The molecule has 1 saturated heterocycles. The largest absolute Gasteiger partial charge is 0.356 e. The Morgan fingerprint density at radius 2 is 2.16 bits per heavy atom. The summed E-state index contributed by atoms with van der Waals surface area (Å²) in [6.45, 7) is 14.0. The van der Waals surface area contributed by atoms with E-state index in [1.165, 1.54) is 31.6 Å². The molecule has 1 aromatic rings. The van der Waals surface area contributed by atoms with Crippen molar-refractivity contribution in [2.45, 2.75) is 59.5 Å². The molecule has 1 atom stereocenters. The van der Waals surface area contributed by atoms with Crippen LogP contribution in [0.15, 0.2) is 11.1 Å². The van der Waals surface area contributed by atoms with Gasteiger partial charge in [0.2, 0.25) is 0 Å². The van der Waals surface area contributed by atoms with E-state index in [0.29, 0.717) is 12.0 Å². The molecular formula is C19H36N6. The molecule has 0 radical (unpaired) electrons. The van der Waals surface area contributed by atoms with E-state index in [0.717, 1.165) is 37.7 Å². The zero-order valence-corrected chi connectivity index (χ0v) is 16.7. The Balaban J connectivity index is 1.66. The van der Waals surface area contributed by atoms with Gasteiger partial charge in [-0.15, -0.1) is 0 Å². The summed E-state index contributed by atoms with van der Waals surface area (Å²) in [5.74, 6) is 1.62. The van der Waals surface area contributed by atoms with Gasteiger partial charge in [0.25, 0.3) is 0 Å². The van der Waals surface area contributed by atoms with Crippen LogP contribution in [0, 0.1) is 19.8 Å². The summed E-state index contributed by atoms with van der Waals surface area (Å²) in [6, 6.07) is 2.77. The number of rotatable bonds is 7. The Morgan fingerprint density at radius 1 is 1.36 bits per heavy atom. The fraction of sp³-hybridized carbons (Fsp3) is 0.789. The van der Waals surface area contributed by atoms with Crippen molar-refractivity contribution in [1.82, 2.24) is 25.3 Å². The maximum atomic E-state index is 4.50. The standard InChI is InChI=1S/C19H36N6/c1-15(2)24-10-6-8-18(14-24)13-22-19(20-5)21-9-7-11-25-17(4)12-16(3)23-25/h12,15,18H,6-11,13-14H2,1-5H3,(H2,20,21,22). The van der Waals surface area contributed by atoms with Crippen molar-refractivity contribution in [2.24, 2.45) is 10.9 Å². The van der Waals surface area contributed by atoms with Crippen LogP contribution >= 0.6 is 0 Å². The highest BCUT2D eigenvalue weighted by atomic mass is 15.3. The van der Waals surface area contributed by atoms with Crippen LogP contribution < -0.4 is 10.6 Å². The van der Waals surface area contributed by atoms with Crippen molar-refractivity contribution in [2.75, 3.05) is 33.2 Å². The van der Waals surface area contributed by atoms with Crippen molar-refractivity contribution >= 4 is 5.96 Å². The molecule has 0 spiro atoms. The molecule has 25 heavy (non-hydrogen) atoms. The molecule has 6 heteroatoms. The van der Waals surface area contributed by atoms with E-state index in [-0.39, 0.29) is 0 Å². The molecule has 0 bridgehead atoms. The van der Waals surface area contributed by atoms with Gasteiger partial charge >= 0.3 is 0 Å². The molecule has 0 aliphatic carbocycles. The average Bonchev–Trinajstić information content (AvgIpc) is 2.92. The number of guanidine groups is 1. The van der Waals surface area contributed by atoms with Gasteiger partial charge in [-0.1, -0.05) is 0 Å². The summed E-state index contributed by atoms with van der Waals surface area (Å²) in [7, 11) is 1.84. The van der Waals surface area contributed by atoms with E-state index >= 15 is 0 Å². The second-order valence-corrected chi connectivity index (χ2v) is 7.48. The topological polar surface area (TPSA) is 57.5 Å². The molecule has 1 aliphatic heterocycles. The van der Waals surface area contributed by atoms with Gasteiger partial charge in [-0.2, -0.15) is 5.10 Å². The fourth-order valence-corrected chi connectivity index (χ4v) is 3.53. The minimum absolute atomic E-state index is 0.648. The van der Waals surface area contributed by atoms with Crippen molar-refractivity contribution < 1.29 is 0 Å². The number of hydrogen-bond acceptors (Lipinski definition) is 3. The lowest BCUT2D eigenvalue weighted by Gasteiger charge is -2.35. The fourth-order valence-electron chi connectivity index (χ4n) is 3.53. The van der Waals surface area contributed by atoms with Gasteiger partial charge < -0.3 is 15.5 Å². The molecule has 1 aliphatic rings. The zero-order valence-electron chi connectivity index (χ0n) is 16.7. The molecule has 2 heterocycles. The van der Waals surface area contributed by atoms with E-state index in [1.54, 1.807) is 0 Å². The Labute approximate surface area is 153 Å². The van der Waals surface area contributed by atoms with Gasteiger partial charge in [-0.3, -0.25) is 9.67 Å². The number of piperidine rings is 1. The van der Waals surface area contributed by atoms with Crippen molar-refractivity contribution in [3.05, 3.63) is 17.5 Å². The minimum Gasteiger partial charge on any atom is -0.356 e. The quantitative estimate of drug-likeness (QED) is 0.450. The summed E-state index contributed by atoms with van der Waals surface area (Å²) in [5, 5.41) is 11.4. The van der Waals surface area contributed by atoms with Crippen molar-refractivity contribution in [1.29, 1.82) is 0 Å². The number of hydrogen-bond donors (Lipinski definition) is 2. The first-order chi connectivity index (χ1) is 12.0. The SMILES string of the molecule is CN=C(NCCCn1nc(C)cc1C)NCC1CCCN(C(C)C)C1. The lowest BCUT2D eigenvalue weighted by molar-refractivity contribution is 0.141.